The minimum Gasteiger partial charge on any atom is -0.454 e. The van der Waals surface area contributed by atoms with Gasteiger partial charge in [-0.25, -0.2) is 4.98 Å². The number of oxazole rings is 1. The van der Waals surface area contributed by atoms with Crippen LogP contribution >= 0.6 is 0 Å². The summed E-state index contributed by atoms with van der Waals surface area (Å²) in [6.07, 6.45) is 0. The first-order valence-corrected chi connectivity index (χ1v) is 18.5. The van der Waals surface area contributed by atoms with Gasteiger partial charge in [0.05, 0.1) is 17.1 Å². The van der Waals surface area contributed by atoms with E-state index in [-0.39, 0.29) is 0 Å². The van der Waals surface area contributed by atoms with Gasteiger partial charge in [0.25, 0.3) is 0 Å². The molecule has 0 atom stereocenters. The van der Waals surface area contributed by atoms with Gasteiger partial charge in [0, 0.05) is 34.3 Å². The van der Waals surface area contributed by atoms with E-state index in [1.165, 1.54) is 16.7 Å². The molecule has 0 aliphatic rings. The van der Waals surface area contributed by atoms with Crippen molar-refractivity contribution in [2.24, 2.45) is 0 Å². The summed E-state index contributed by atoms with van der Waals surface area (Å²) in [7, 11) is 0. The van der Waals surface area contributed by atoms with Gasteiger partial charge in [-0.3, -0.25) is 0 Å². The number of rotatable bonds is 9. The number of furan rings is 1. The molecule has 0 spiro atoms. The lowest BCUT2D eigenvalue weighted by atomic mass is 9.99. The van der Waals surface area contributed by atoms with Crippen molar-refractivity contribution in [1.82, 2.24) is 4.98 Å². The third kappa shape index (κ3) is 5.98. The highest BCUT2D eigenvalue weighted by molar-refractivity contribution is 6.10. The number of hydrogen-bond donors (Lipinski definition) is 0. The molecule has 0 bridgehead atoms. The number of hydrogen-bond acceptors (Lipinski definition) is 5. The highest BCUT2D eigenvalue weighted by Crippen LogP contribution is 2.46. The van der Waals surface area contributed by atoms with Gasteiger partial charge >= 0.3 is 0 Å². The Morgan fingerprint density at radius 1 is 0.436 bits per heavy atom. The Kier molecular flexibility index (Phi) is 8.15. The molecule has 0 saturated heterocycles. The van der Waals surface area contributed by atoms with Crippen molar-refractivity contribution in [2.45, 2.75) is 6.54 Å². The lowest BCUT2D eigenvalue weighted by Crippen LogP contribution is -2.18. The van der Waals surface area contributed by atoms with E-state index in [4.69, 9.17) is 13.8 Å². The molecule has 0 N–H and O–H groups in total. The minimum atomic E-state index is 0.567. The molecule has 0 amide bonds. The van der Waals surface area contributed by atoms with Crippen LogP contribution in [0.1, 0.15) is 5.56 Å². The number of nitrogens with zero attached hydrogens (tertiary/aromatic N) is 3. The average molecular weight is 710 g/mol. The topological polar surface area (TPSA) is 45.7 Å². The number of para-hydroxylation sites is 4. The largest absolute Gasteiger partial charge is 0.454 e. The molecule has 5 nitrogen and oxygen atoms in total. The summed E-state index contributed by atoms with van der Waals surface area (Å²) in [5, 5.41) is 2.14. The SMILES string of the molecule is c1ccc(-c2nc3cc(N(c4ccccc4)c4cccc5c4oc4ccccc45)cc(N(Cc4ccccc4-c4ccccc4)c4ccccc4)c3o2)cc1. The standard InChI is InChI=1S/C50H35N3O2/c1-5-18-35(19-6-1)41-27-14-13-22-37(41)34-52(38-23-9-3-10-24-38)46-33-40(32-44-49(46)55-50(51-44)36-20-7-2-8-21-36)53(39-25-11-4-12-26-39)45-30-17-29-43-42-28-15-16-31-47(42)54-48(43)45/h1-33H,34H2. The summed E-state index contributed by atoms with van der Waals surface area (Å²) in [4.78, 5) is 9.79. The zero-order valence-electron chi connectivity index (χ0n) is 29.9. The molecule has 0 aliphatic carbocycles. The van der Waals surface area contributed by atoms with Gasteiger partial charge < -0.3 is 18.6 Å². The van der Waals surface area contributed by atoms with Gasteiger partial charge in [-0.2, -0.15) is 0 Å². The first-order chi connectivity index (χ1) is 27.3. The van der Waals surface area contributed by atoms with Gasteiger partial charge in [-0.1, -0.05) is 140 Å². The van der Waals surface area contributed by atoms with Gasteiger partial charge in [0.15, 0.2) is 11.2 Å². The third-order valence-corrected chi connectivity index (χ3v) is 10.2. The summed E-state index contributed by atoms with van der Waals surface area (Å²) in [6, 6.07) is 69.3. The van der Waals surface area contributed by atoms with E-state index in [0.29, 0.717) is 18.0 Å². The molecule has 0 fully saturated rings. The first-order valence-electron chi connectivity index (χ1n) is 18.5. The van der Waals surface area contributed by atoms with Crippen LogP contribution < -0.4 is 9.80 Å². The maximum Gasteiger partial charge on any atom is 0.227 e. The van der Waals surface area contributed by atoms with Gasteiger partial charge in [0.1, 0.15) is 11.1 Å². The second kappa shape index (κ2) is 13.9. The second-order valence-electron chi connectivity index (χ2n) is 13.6. The van der Waals surface area contributed by atoms with E-state index in [0.717, 1.165) is 61.5 Å². The summed E-state index contributed by atoms with van der Waals surface area (Å²) >= 11 is 0. The van der Waals surface area contributed by atoms with Crippen LogP contribution in [0, 0.1) is 0 Å². The molecular weight excluding hydrogens is 675 g/mol. The van der Waals surface area contributed by atoms with Gasteiger partial charge in [-0.15, -0.1) is 0 Å². The lowest BCUT2D eigenvalue weighted by Gasteiger charge is -2.29. The molecule has 10 rings (SSSR count). The van der Waals surface area contributed by atoms with Crippen molar-refractivity contribution in [3.63, 3.8) is 0 Å². The van der Waals surface area contributed by atoms with Crippen molar-refractivity contribution in [1.29, 1.82) is 0 Å². The van der Waals surface area contributed by atoms with Gasteiger partial charge in [0.2, 0.25) is 5.89 Å². The Hall–Kier alpha value is -7.37. The monoisotopic (exact) mass is 709 g/mol. The van der Waals surface area contributed by atoms with Crippen molar-refractivity contribution in [2.75, 3.05) is 9.80 Å². The zero-order chi connectivity index (χ0) is 36.6. The minimum absolute atomic E-state index is 0.567. The maximum absolute atomic E-state index is 6.81. The van der Waals surface area contributed by atoms with E-state index in [2.05, 4.69) is 161 Å². The fraction of sp³-hybridized carbons (Fsp3) is 0.0200. The Balaban J connectivity index is 1.24. The van der Waals surface area contributed by atoms with Crippen LogP contribution in [-0.4, -0.2) is 4.98 Å². The molecule has 0 aliphatic heterocycles. The maximum atomic E-state index is 6.81. The molecule has 2 heterocycles. The van der Waals surface area contributed by atoms with E-state index < -0.39 is 0 Å². The van der Waals surface area contributed by atoms with Crippen LogP contribution in [0.4, 0.5) is 28.4 Å². The number of fused-ring (bicyclic) bond motifs is 4. The van der Waals surface area contributed by atoms with E-state index in [1.807, 2.05) is 48.5 Å². The summed E-state index contributed by atoms with van der Waals surface area (Å²) < 4.78 is 13.5. The zero-order valence-corrected chi connectivity index (χ0v) is 29.9. The summed E-state index contributed by atoms with van der Waals surface area (Å²) in [5.41, 5.74) is 12.4. The predicted octanol–water partition coefficient (Wildman–Crippen LogP) is 13.9. The summed E-state index contributed by atoms with van der Waals surface area (Å²) in [5.74, 6) is 0.567. The number of benzene rings is 8. The molecule has 10 aromatic rings. The Morgan fingerprint density at radius 3 is 1.82 bits per heavy atom. The second-order valence-corrected chi connectivity index (χ2v) is 13.6. The van der Waals surface area contributed by atoms with Crippen LogP contribution in [0.3, 0.4) is 0 Å². The average Bonchev–Trinajstić information content (AvgIpc) is 3.87. The molecule has 262 valence electrons. The Labute approximate surface area is 319 Å². The van der Waals surface area contributed by atoms with Crippen LogP contribution in [0.15, 0.2) is 209 Å². The Morgan fingerprint density at radius 2 is 1.05 bits per heavy atom. The molecule has 0 saturated carbocycles. The molecular formula is C50H35N3O2. The van der Waals surface area contributed by atoms with E-state index in [1.54, 1.807) is 0 Å². The Bertz CT molecular complexity index is 2900. The molecule has 55 heavy (non-hydrogen) atoms. The molecule has 0 unspecified atom stereocenters. The third-order valence-electron chi connectivity index (χ3n) is 10.2. The van der Waals surface area contributed by atoms with Crippen LogP contribution in [0.2, 0.25) is 0 Å². The quantitative estimate of drug-likeness (QED) is 0.149. The van der Waals surface area contributed by atoms with Crippen LogP contribution in [0.5, 0.6) is 0 Å². The fourth-order valence-electron chi connectivity index (χ4n) is 7.60. The molecule has 2 aromatic heterocycles. The smallest absolute Gasteiger partial charge is 0.227 e. The first kappa shape index (κ1) is 32.3. The van der Waals surface area contributed by atoms with Crippen molar-refractivity contribution in [3.8, 4) is 22.6 Å². The number of anilines is 5. The fourth-order valence-corrected chi connectivity index (χ4v) is 7.60. The van der Waals surface area contributed by atoms with E-state index in [9.17, 15) is 0 Å². The lowest BCUT2D eigenvalue weighted by molar-refractivity contribution is 0.619. The van der Waals surface area contributed by atoms with Crippen molar-refractivity contribution >= 4 is 61.5 Å². The number of aromatic nitrogens is 1. The van der Waals surface area contributed by atoms with E-state index >= 15 is 0 Å². The van der Waals surface area contributed by atoms with Crippen LogP contribution in [-0.2, 0) is 6.54 Å². The normalized spacial score (nSPS) is 11.3. The predicted molar refractivity (Wildman–Crippen MR) is 226 cm³/mol. The molecule has 5 heteroatoms. The van der Waals surface area contributed by atoms with Crippen LogP contribution in [0.25, 0.3) is 55.6 Å². The molecule has 0 radical (unpaired) electrons. The molecule has 8 aromatic carbocycles. The summed E-state index contributed by atoms with van der Waals surface area (Å²) in [6.45, 7) is 0.583. The highest BCUT2D eigenvalue weighted by atomic mass is 16.3. The van der Waals surface area contributed by atoms with Gasteiger partial charge in [-0.05, 0) is 77.4 Å². The highest BCUT2D eigenvalue weighted by Gasteiger charge is 2.25. The van der Waals surface area contributed by atoms with Crippen molar-refractivity contribution in [3.05, 3.63) is 206 Å². The van der Waals surface area contributed by atoms with Crippen molar-refractivity contribution < 1.29 is 8.83 Å².